The maximum Gasteiger partial charge on any atom is 0.256 e. The van der Waals surface area contributed by atoms with Gasteiger partial charge in [0.05, 0.1) is 23.3 Å². The van der Waals surface area contributed by atoms with Gasteiger partial charge < -0.3 is 15.0 Å². The molecule has 1 fully saturated rings. The van der Waals surface area contributed by atoms with Crippen LogP contribution in [0, 0.1) is 23.1 Å². The largest absolute Gasteiger partial charge is 0.474 e. The second-order valence-corrected chi connectivity index (χ2v) is 8.48. The van der Waals surface area contributed by atoms with Gasteiger partial charge in [-0.1, -0.05) is 6.07 Å². The van der Waals surface area contributed by atoms with Crippen LogP contribution in [0.5, 0.6) is 5.88 Å². The number of nitriles is 1. The number of hydrogen-bond acceptors (Lipinski definition) is 7. The SMILES string of the molecule is CN(C)CCOc1nc(-c2cnn3ccccc23)nc(N[C@H]2CC[C@H](CC#N)CC2)c1F. The molecule has 8 nitrogen and oxygen atoms in total. The molecule has 0 atom stereocenters. The van der Waals surface area contributed by atoms with E-state index in [1.807, 2.05) is 43.4 Å². The molecular formula is C23H28FN7O. The number of likely N-dealkylation sites (N-methyl/N-ethyl adjacent to an activating group) is 1. The van der Waals surface area contributed by atoms with Crippen LogP contribution < -0.4 is 10.1 Å². The molecule has 32 heavy (non-hydrogen) atoms. The number of nitrogens with one attached hydrogen (secondary N) is 1. The highest BCUT2D eigenvalue weighted by Crippen LogP contribution is 2.32. The lowest BCUT2D eigenvalue weighted by atomic mass is 9.84. The summed E-state index contributed by atoms with van der Waals surface area (Å²) >= 11 is 0. The molecule has 0 radical (unpaired) electrons. The number of aromatic nitrogens is 4. The van der Waals surface area contributed by atoms with Crippen molar-refractivity contribution in [2.45, 2.75) is 38.1 Å². The number of anilines is 1. The molecule has 0 spiro atoms. The summed E-state index contributed by atoms with van der Waals surface area (Å²) in [4.78, 5) is 10.9. The number of ether oxygens (including phenoxy) is 1. The second kappa shape index (κ2) is 9.92. The molecule has 168 valence electrons. The molecule has 4 rings (SSSR count). The Morgan fingerprint density at radius 1 is 1.25 bits per heavy atom. The van der Waals surface area contributed by atoms with Crippen LogP contribution in [0.2, 0.25) is 0 Å². The van der Waals surface area contributed by atoms with Crippen molar-refractivity contribution in [2.24, 2.45) is 5.92 Å². The minimum absolute atomic E-state index is 0.0622. The zero-order valence-corrected chi connectivity index (χ0v) is 18.5. The van der Waals surface area contributed by atoms with Gasteiger partial charge in [-0.2, -0.15) is 19.7 Å². The van der Waals surface area contributed by atoms with Gasteiger partial charge in [0.25, 0.3) is 5.88 Å². The quantitative estimate of drug-likeness (QED) is 0.574. The van der Waals surface area contributed by atoms with Crippen molar-refractivity contribution < 1.29 is 9.13 Å². The Morgan fingerprint density at radius 3 is 2.81 bits per heavy atom. The van der Waals surface area contributed by atoms with Crippen LogP contribution in [-0.2, 0) is 0 Å². The summed E-state index contributed by atoms with van der Waals surface area (Å²) in [5, 5.41) is 16.6. The fraction of sp³-hybridized carbons (Fsp3) is 0.478. The number of pyridine rings is 1. The van der Waals surface area contributed by atoms with E-state index in [4.69, 9.17) is 10.00 Å². The average molecular weight is 438 g/mol. The standard InChI is InChI=1S/C23H28FN7O/c1-30(2)13-14-32-23-20(24)22(27-17-8-6-16(7-9-17)10-11-25)28-21(29-23)18-15-26-31-12-4-3-5-19(18)31/h3-5,12,15-17H,6-10,13-14H2,1-2H3,(H,27,28,29)/t16-,17-. The topological polar surface area (TPSA) is 91.4 Å². The first-order valence-electron chi connectivity index (χ1n) is 11.0. The molecule has 1 aliphatic carbocycles. The van der Waals surface area contributed by atoms with E-state index in [1.165, 1.54) is 0 Å². The van der Waals surface area contributed by atoms with Crippen LogP contribution in [0.3, 0.4) is 0 Å². The third kappa shape index (κ3) is 4.97. The van der Waals surface area contributed by atoms with Crippen molar-refractivity contribution in [3.8, 4) is 23.3 Å². The molecule has 3 aromatic rings. The Labute approximate surface area is 187 Å². The van der Waals surface area contributed by atoms with Crippen molar-refractivity contribution in [1.82, 2.24) is 24.5 Å². The first-order valence-corrected chi connectivity index (χ1v) is 11.0. The third-order valence-corrected chi connectivity index (χ3v) is 5.83. The zero-order valence-electron chi connectivity index (χ0n) is 18.5. The maximum atomic E-state index is 15.3. The van der Waals surface area contributed by atoms with Crippen LogP contribution in [0.4, 0.5) is 10.2 Å². The Kier molecular flexibility index (Phi) is 6.81. The molecule has 1 aliphatic rings. The molecule has 0 unspecified atom stereocenters. The molecule has 1 N–H and O–H groups in total. The molecular weight excluding hydrogens is 409 g/mol. The van der Waals surface area contributed by atoms with E-state index in [0.717, 1.165) is 31.2 Å². The average Bonchev–Trinajstić information content (AvgIpc) is 3.22. The van der Waals surface area contributed by atoms with Gasteiger partial charge in [0.1, 0.15) is 6.61 Å². The molecule has 0 aliphatic heterocycles. The third-order valence-electron chi connectivity index (χ3n) is 5.83. The Bertz CT molecular complexity index is 1100. The highest BCUT2D eigenvalue weighted by Gasteiger charge is 2.25. The van der Waals surface area contributed by atoms with Gasteiger partial charge in [0, 0.05) is 25.2 Å². The van der Waals surface area contributed by atoms with Crippen molar-refractivity contribution in [2.75, 3.05) is 32.6 Å². The first kappa shape index (κ1) is 22.0. The van der Waals surface area contributed by atoms with Crippen LogP contribution in [0.15, 0.2) is 30.6 Å². The monoisotopic (exact) mass is 437 g/mol. The summed E-state index contributed by atoms with van der Waals surface area (Å²) in [6, 6.07) is 8.08. The molecule has 0 amide bonds. The van der Waals surface area contributed by atoms with E-state index in [2.05, 4.69) is 26.5 Å². The summed E-state index contributed by atoms with van der Waals surface area (Å²) < 4.78 is 22.7. The number of hydrogen-bond donors (Lipinski definition) is 1. The number of rotatable bonds is 8. The second-order valence-electron chi connectivity index (χ2n) is 8.48. The van der Waals surface area contributed by atoms with Crippen molar-refractivity contribution >= 4 is 11.3 Å². The minimum atomic E-state index is -0.580. The Hall–Kier alpha value is -3.25. The Morgan fingerprint density at radius 2 is 2.06 bits per heavy atom. The maximum absolute atomic E-state index is 15.3. The predicted octanol–water partition coefficient (Wildman–Crippen LogP) is 3.76. The smallest absolute Gasteiger partial charge is 0.256 e. The van der Waals surface area contributed by atoms with Gasteiger partial charge in [-0.3, -0.25) is 0 Å². The van der Waals surface area contributed by atoms with Gasteiger partial charge >= 0.3 is 0 Å². The van der Waals surface area contributed by atoms with E-state index in [1.54, 1.807) is 10.7 Å². The van der Waals surface area contributed by atoms with Gasteiger partial charge in [-0.15, -0.1) is 0 Å². The highest BCUT2D eigenvalue weighted by molar-refractivity contribution is 5.76. The van der Waals surface area contributed by atoms with Gasteiger partial charge in [0.15, 0.2) is 11.6 Å². The van der Waals surface area contributed by atoms with E-state index < -0.39 is 5.82 Å². The number of fused-ring (bicyclic) bond motifs is 1. The lowest BCUT2D eigenvalue weighted by Crippen LogP contribution is -2.27. The van der Waals surface area contributed by atoms with Crippen LogP contribution in [0.1, 0.15) is 32.1 Å². The van der Waals surface area contributed by atoms with Crippen LogP contribution >= 0.6 is 0 Å². The summed E-state index contributed by atoms with van der Waals surface area (Å²) in [5.41, 5.74) is 1.55. The van der Waals surface area contributed by atoms with Gasteiger partial charge in [0.2, 0.25) is 5.82 Å². The lowest BCUT2D eigenvalue weighted by Gasteiger charge is -2.28. The number of halogens is 1. The van der Waals surface area contributed by atoms with Crippen molar-refractivity contribution in [3.63, 3.8) is 0 Å². The summed E-state index contributed by atoms with van der Waals surface area (Å²) in [5.74, 6) is 0.297. The van der Waals surface area contributed by atoms with Crippen LogP contribution in [0.25, 0.3) is 16.9 Å². The first-order chi connectivity index (χ1) is 15.5. The van der Waals surface area contributed by atoms with Crippen LogP contribution in [-0.4, -0.2) is 57.8 Å². The normalized spacial score (nSPS) is 18.6. The van der Waals surface area contributed by atoms with E-state index in [-0.39, 0.29) is 17.7 Å². The van der Waals surface area contributed by atoms with E-state index >= 15 is 4.39 Å². The fourth-order valence-electron chi connectivity index (χ4n) is 4.00. The lowest BCUT2D eigenvalue weighted by molar-refractivity contribution is 0.244. The minimum Gasteiger partial charge on any atom is -0.474 e. The Balaban J connectivity index is 1.62. The van der Waals surface area contributed by atoms with E-state index in [0.29, 0.717) is 36.9 Å². The van der Waals surface area contributed by atoms with Crippen molar-refractivity contribution in [1.29, 1.82) is 5.26 Å². The van der Waals surface area contributed by atoms with Gasteiger partial charge in [-0.25, -0.2) is 9.50 Å². The highest BCUT2D eigenvalue weighted by atomic mass is 19.1. The summed E-state index contributed by atoms with van der Waals surface area (Å²) in [6.45, 7) is 0.953. The fourth-order valence-corrected chi connectivity index (χ4v) is 4.00. The van der Waals surface area contributed by atoms with Gasteiger partial charge in [-0.05, 0) is 57.8 Å². The summed E-state index contributed by atoms with van der Waals surface area (Å²) in [7, 11) is 3.86. The molecule has 3 heterocycles. The molecule has 3 aromatic heterocycles. The zero-order chi connectivity index (χ0) is 22.5. The predicted molar refractivity (Wildman–Crippen MR) is 120 cm³/mol. The molecule has 1 saturated carbocycles. The molecule has 0 aromatic carbocycles. The summed E-state index contributed by atoms with van der Waals surface area (Å²) in [6.07, 6.45) is 7.75. The van der Waals surface area contributed by atoms with Crippen molar-refractivity contribution in [3.05, 3.63) is 36.4 Å². The molecule has 0 bridgehead atoms. The van der Waals surface area contributed by atoms with E-state index in [9.17, 15) is 0 Å². The molecule has 0 saturated heterocycles. The number of nitrogens with zero attached hydrogens (tertiary/aromatic N) is 6. The molecule has 9 heteroatoms.